The number of aromatic nitrogens is 5. The summed E-state index contributed by atoms with van der Waals surface area (Å²) in [5, 5.41) is 11.0. The van der Waals surface area contributed by atoms with Crippen molar-refractivity contribution in [3.63, 3.8) is 0 Å². The summed E-state index contributed by atoms with van der Waals surface area (Å²) in [5.74, 6) is -0.305. The molecule has 29 heavy (non-hydrogen) atoms. The number of rotatable bonds is 5. The van der Waals surface area contributed by atoms with Gasteiger partial charge in [-0.3, -0.25) is 19.3 Å². The first-order chi connectivity index (χ1) is 14.0. The third-order valence-electron chi connectivity index (χ3n) is 4.67. The van der Waals surface area contributed by atoms with Gasteiger partial charge in [0, 0.05) is 19.4 Å². The lowest BCUT2D eigenvalue weighted by atomic mass is 10.1. The fraction of sp³-hybridized carbons (Fsp3) is 0.190. The monoisotopic (exact) mass is 388 g/mol. The highest BCUT2D eigenvalue weighted by Gasteiger charge is 2.14. The van der Waals surface area contributed by atoms with Gasteiger partial charge in [-0.25, -0.2) is 0 Å². The second-order valence-electron chi connectivity index (χ2n) is 6.85. The summed E-state index contributed by atoms with van der Waals surface area (Å²) in [6.45, 7) is 2.46. The van der Waals surface area contributed by atoms with Crippen LogP contribution in [0.3, 0.4) is 0 Å². The molecule has 0 saturated heterocycles. The van der Waals surface area contributed by atoms with E-state index in [9.17, 15) is 9.59 Å². The molecule has 4 rings (SSSR count). The molecule has 0 unspecified atom stereocenters. The summed E-state index contributed by atoms with van der Waals surface area (Å²) in [6, 6.07) is 13.2. The molecule has 1 N–H and O–H groups in total. The molecule has 146 valence electrons. The fourth-order valence-corrected chi connectivity index (χ4v) is 3.18. The van der Waals surface area contributed by atoms with E-state index in [1.54, 1.807) is 47.7 Å². The van der Waals surface area contributed by atoms with Gasteiger partial charge >= 0.3 is 0 Å². The third kappa shape index (κ3) is 3.91. The highest BCUT2D eigenvalue weighted by Crippen LogP contribution is 2.14. The van der Waals surface area contributed by atoms with Gasteiger partial charge in [-0.05, 0) is 24.6 Å². The molecule has 0 atom stereocenters. The zero-order valence-corrected chi connectivity index (χ0v) is 16.2. The van der Waals surface area contributed by atoms with E-state index in [0.29, 0.717) is 34.4 Å². The van der Waals surface area contributed by atoms with E-state index < -0.39 is 0 Å². The molecule has 0 fully saturated rings. The largest absolute Gasteiger partial charge is 0.346 e. The molecule has 0 aliphatic carbocycles. The lowest BCUT2D eigenvalue weighted by Gasteiger charge is -2.10. The molecule has 8 heteroatoms. The molecule has 1 aromatic carbocycles. The molecule has 0 aliphatic rings. The quantitative estimate of drug-likeness (QED) is 0.563. The van der Waals surface area contributed by atoms with Crippen molar-refractivity contribution < 1.29 is 4.79 Å². The van der Waals surface area contributed by atoms with E-state index in [0.717, 1.165) is 5.56 Å². The Morgan fingerprint density at radius 1 is 1.17 bits per heavy atom. The summed E-state index contributed by atoms with van der Waals surface area (Å²) in [7, 11) is 1.76. The van der Waals surface area contributed by atoms with E-state index in [1.807, 2.05) is 30.3 Å². The van der Waals surface area contributed by atoms with Gasteiger partial charge in [0.15, 0.2) is 0 Å². The maximum Gasteiger partial charge on any atom is 0.260 e. The minimum atomic E-state index is -0.305. The molecule has 4 aromatic rings. The van der Waals surface area contributed by atoms with Gasteiger partial charge in [-0.1, -0.05) is 35.5 Å². The van der Waals surface area contributed by atoms with Gasteiger partial charge in [0.25, 0.3) is 11.5 Å². The Labute approximate surface area is 166 Å². The molecular weight excluding hydrogens is 368 g/mol. The Balaban J connectivity index is 1.64. The average molecular weight is 388 g/mol. The van der Waals surface area contributed by atoms with Crippen molar-refractivity contribution in [3.05, 3.63) is 87.7 Å². The normalized spacial score (nSPS) is 11.0. The van der Waals surface area contributed by atoms with Gasteiger partial charge in [0.05, 0.1) is 35.2 Å². The molecule has 0 aliphatic heterocycles. The van der Waals surface area contributed by atoms with Crippen molar-refractivity contribution in [1.82, 2.24) is 29.9 Å². The lowest BCUT2D eigenvalue weighted by Crippen LogP contribution is -2.25. The zero-order chi connectivity index (χ0) is 20.4. The summed E-state index contributed by atoms with van der Waals surface area (Å²) >= 11 is 0. The number of hydrogen-bond donors (Lipinski definition) is 1. The number of hydrogen-bond acceptors (Lipinski definition) is 5. The predicted molar refractivity (Wildman–Crippen MR) is 108 cm³/mol. The number of fused-ring (bicyclic) bond motifs is 1. The van der Waals surface area contributed by atoms with Crippen molar-refractivity contribution >= 4 is 16.8 Å². The first-order valence-electron chi connectivity index (χ1n) is 9.19. The van der Waals surface area contributed by atoms with Crippen LogP contribution in [0.4, 0.5) is 0 Å². The van der Waals surface area contributed by atoms with E-state index in [4.69, 9.17) is 0 Å². The van der Waals surface area contributed by atoms with Crippen LogP contribution in [0, 0.1) is 6.92 Å². The van der Waals surface area contributed by atoms with Gasteiger partial charge in [0.2, 0.25) is 0 Å². The summed E-state index contributed by atoms with van der Waals surface area (Å²) in [4.78, 5) is 30.1. The number of nitrogens with zero attached hydrogens (tertiary/aromatic N) is 5. The Hall–Kier alpha value is -3.81. The Bertz CT molecular complexity index is 1240. The van der Waals surface area contributed by atoms with Crippen molar-refractivity contribution in [1.29, 1.82) is 0 Å². The Kier molecular flexibility index (Phi) is 4.90. The number of aryl methyl sites for hydroxylation is 2. The molecule has 0 bridgehead atoms. The minimum Gasteiger partial charge on any atom is -0.346 e. The Morgan fingerprint density at radius 3 is 2.69 bits per heavy atom. The molecule has 0 spiro atoms. The number of nitrogens with one attached hydrogen (secondary N) is 1. The van der Waals surface area contributed by atoms with Crippen LogP contribution in [0.15, 0.2) is 59.7 Å². The van der Waals surface area contributed by atoms with Crippen molar-refractivity contribution in [2.45, 2.75) is 20.0 Å². The van der Waals surface area contributed by atoms with Gasteiger partial charge in [0.1, 0.15) is 5.69 Å². The first-order valence-corrected chi connectivity index (χ1v) is 9.19. The van der Waals surface area contributed by atoms with Crippen molar-refractivity contribution in [2.75, 3.05) is 0 Å². The van der Waals surface area contributed by atoms with Crippen LogP contribution in [-0.4, -0.2) is 30.5 Å². The highest BCUT2D eigenvalue weighted by atomic mass is 16.1. The van der Waals surface area contributed by atoms with E-state index in [1.165, 1.54) is 0 Å². The predicted octanol–water partition coefficient (Wildman–Crippen LogP) is 1.81. The maximum atomic E-state index is 13.0. The van der Waals surface area contributed by atoms with E-state index >= 15 is 0 Å². The molecule has 3 aromatic heterocycles. The Morgan fingerprint density at radius 2 is 1.97 bits per heavy atom. The van der Waals surface area contributed by atoms with Gasteiger partial charge in [-0.15, -0.1) is 5.10 Å². The van der Waals surface area contributed by atoms with Crippen LogP contribution in [-0.2, 0) is 20.1 Å². The minimum absolute atomic E-state index is 0.179. The van der Waals surface area contributed by atoms with Crippen LogP contribution in [0.2, 0.25) is 0 Å². The van der Waals surface area contributed by atoms with Crippen molar-refractivity contribution in [3.8, 4) is 0 Å². The number of amides is 1. The zero-order valence-electron chi connectivity index (χ0n) is 16.2. The smallest absolute Gasteiger partial charge is 0.260 e. The molecule has 0 radical (unpaired) electrons. The maximum absolute atomic E-state index is 13.0. The van der Waals surface area contributed by atoms with Gasteiger partial charge < -0.3 is 9.88 Å². The second kappa shape index (κ2) is 7.67. The lowest BCUT2D eigenvalue weighted by molar-refractivity contribution is 0.0949. The van der Waals surface area contributed by atoms with Gasteiger partial charge in [-0.2, -0.15) is 0 Å². The highest BCUT2D eigenvalue weighted by molar-refractivity contribution is 5.98. The van der Waals surface area contributed by atoms with E-state index in [2.05, 4.69) is 20.6 Å². The summed E-state index contributed by atoms with van der Waals surface area (Å²) < 4.78 is 3.19. The van der Waals surface area contributed by atoms with Crippen LogP contribution >= 0.6 is 0 Å². The summed E-state index contributed by atoms with van der Waals surface area (Å²) in [5.41, 5.74) is 3.00. The molecular formula is C21H20N6O2. The van der Waals surface area contributed by atoms with Crippen LogP contribution in [0.25, 0.3) is 10.9 Å². The van der Waals surface area contributed by atoms with Crippen molar-refractivity contribution in [2.24, 2.45) is 7.05 Å². The van der Waals surface area contributed by atoms with E-state index in [-0.39, 0.29) is 18.0 Å². The number of benzene rings is 1. The molecule has 8 nitrogen and oxygen atoms in total. The average Bonchev–Trinajstić information content (AvgIpc) is 3.14. The second-order valence-corrected chi connectivity index (χ2v) is 6.85. The topological polar surface area (TPSA) is 94.7 Å². The molecule has 1 amide bonds. The van der Waals surface area contributed by atoms with Crippen LogP contribution < -0.4 is 10.9 Å². The SMILES string of the molecule is Cc1nc2ccn(Cc3ccccc3)c(=O)c2cc1C(=O)NCc1cn(C)nn1. The summed E-state index contributed by atoms with van der Waals surface area (Å²) in [6.07, 6.45) is 3.46. The number of carbonyl (C=O) groups excluding carboxylic acids is 1. The van der Waals surface area contributed by atoms with Crippen LogP contribution in [0.1, 0.15) is 27.3 Å². The number of carbonyl (C=O) groups is 1. The van der Waals surface area contributed by atoms with Crippen LogP contribution in [0.5, 0.6) is 0 Å². The third-order valence-corrected chi connectivity index (χ3v) is 4.67. The number of pyridine rings is 2. The molecule has 3 heterocycles. The molecule has 0 saturated carbocycles. The fourth-order valence-electron chi connectivity index (χ4n) is 3.18. The first kappa shape index (κ1) is 18.5. The standard InChI is InChI=1S/C21H20N6O2/c1-14-17(20(28)22-11-16-13-26(2)25-24-16)10-18-19(23-14)8-9-27(21(18)29)12-15-6-4-3-5-7-15/h3-10,13H,11-12H2,1-2H3,(H,22,28).